The number of rotatable bonds is 7. The summed E-state index contributed by atoms with van der Waals surface area (Å²) >= 11 is 0. The first-order valence-electron chi connectivity index (χ1n) is 9.74. The minimum absolute atomic E-state index is 0.323. The van der Waals surface area contributed by atoms with E-state index in [-0.39, 0.29) is 5.97 Å². The first-order chi connectivity index (χ1) is 14.0. The van der Waals surface area contributed by atoms with Crippen molar-refractivity contribution in [1.82, 2.24) is 9.97 Å². The number of nitrogens with zero attached hydrogens (tertiary/aromatic N) is 3. The number of anilines is 4. The van der Waals surface area contributed by atoms with E-state index in [0.717, 1.165) is 23.6 Å². The molecule has 1 aromatic heterocycles. The molecule has 6 heteroatoms. The minimum Gasteiger partial charge on any atom is -0.462 e. The lowest BCUT2D eigenvalue weighted by atomic mass is 10.2. The molecule has 0 saturated carbocycles. The highest BCUT2D eigenvalue weighted by Gasteiger charge is 2.13. The molecule has 3 aromatic rings. The standard InChI is InChI=1S/C23H26N4O2/c1-5-27(20-9-7-8-16(3)14-20)23-24-17(4)15-21(26-23)25-19-12-10-18(11-13-19)22(28)29-6-2/h7-15H,5-6H2,1-4H3,(H,24,25,26). The van der Waals surface area contributed by atoms with Crippen LogP contribution in [0.5, 0.6) is 0 Å². The van der Waals surface area contributed by atoms with Gasteiger partial charge in [-0.3, -0.25) is 0 Å². The predicted octanol–water partition coefficient (Wildman–Crippen LogP) is 5.17. The number of hydrogen-bond acceptors (Lipinski definition) is 6. The van der Waals surface area contributed by atoms with Gasteiger partial charge >= 0.3 is 5.97 Å². The fourth-order valence-corrected chi connectivity index (χ4v) is 3.02. The van der Waals surface area contributed by atoms with Crippen LogP contribution >= 0.6 is 0 Å². The van der Waals surface area contributed by atoms with Crippen molar-refractivity contribution in [3.05, 3.63) is 71.4 Å². The molecule has 0 saturated heterocycles. The van der Waals surface area contributed by atoms with Gasteiger partial charge in [0.15, 0.2) is 0 Å². The zero-order valence-electron chi connectivity index (χ0n) is 17.3. The summed E-state index contributed by atoms with van der Waals surface area (Å²) in [5, 5.41) is 3.30. The lowest BCUT2D eigenvalue weighted by molar-refractivity contribution is 0.0526. The maximum atomic E-state index is 11.8. The van der Waals surface area contributed by atoms with E-state index < -0.39 is 0 Å². The molecule has 150 valence electrons. The van der Waals surface area contributed by atoms with Crippen molar-refractivity contribution in [2.45, 2.75) is 27.7 Å². The molecule has 1 N–H and O–H groups in total. The molecule has 0 bridgehead atoms. The third kappa shape index (κ3) is 5.10. The first kappa shape index (κ1) is 20.3. The summed E-state index contributed by atoms with van der Waals surface area (Å²) in [6.45, 7) is 9.00. The molecule has 0 aliphatic carbocycles. The Morgan fingerprint density at radius 2 is 1.79 bits per heavy atom. The van der Waals surface area contributed by atoms with Crippen LogP contribution in [0.3, 0.4) is 0 Å². The number of benzene rings is 2. The molecular weight excluding hydrogens is 364 g/mol. The Kier molecular flexibility index (Phi) is 6.44. The third-order valence-corrected chi connectivity index (χ3v) is 4.38. The quantitative estimate of drug-likeness (QED) is 0.561. The normalized spacial score (nSPS) is 10.5. The van der Waals surface area contributed by atoms with Gasteiger partial charge in [-0.2, -0.15) is 4.98 Å². The topological polar surface area (TPSA) is 67.3 Å². The van der Waals surface area contributed by atoms with Gasteiger partial charge in [0.1, 0.15) is 5.82 Å². The van der Waals surface area contributed by atoms with Gasteiger partial charge in [-0.15, -0.1) is 0 Å². The van der Waals surface area contributed by atoms with Crippen LogP contribution in [-0.2, 0) is 4.74 Å². The Morgan fingerprint density at radius 3 is 2.45 bits per heavy atom. The number of aryl methyl sites for hydroxylation is 2. The number of ether oxygens (including phenoxy) is 1. The van der Waals surface area contributed by atoms with Crippen LogP contribution in [0.25, 0.3) is 0 Å². The molecule has 0 radical (unpaired) electrons. The van der Waals surface area contributed by atoms with E-state index in [1.54, 1.807) is 19.1 Å². The third-order valence-electron chi connectivity index (χ3n) is 4.38. The number of nitrogens with one attached hydrogen (secondary N) is 1. The van der Waals surface area contributed by atoms with E-state index in [4.69, 9.17) is 9.72 Å². The van der Waals surface area contributed by atoms with Gasteiger partial charge in [0.2, 0.25) is 5.95 Å². The molecule has 1 heterocycles. The monoisotopic (exact) mass is 390 g/mol. The predicted molar refractivity (Wildman–Crippen MR) is 116 cm³/mol. The average Bonchev–Trinajstić information content (AvgIpc) is 2.69. The molecule has 0 atom stereocenters. The lowest BCUT2D eigenvalue weighted by Gasteiger charge is -2.22. The fourth-order valence-electron chi connectivity index (χ4n) is 3.02. The number of aromatic nitrogens is 2. The molecule has 2 aromatic carbocycles. The second kappa shape index (κ2) is 9.19. The molecule has 0 unspecified atom stereocenters. The van der Waals surface area contributed by atoms with E-state index in [2.05, 4.69) is 47.2 Å². The molecule has 0 amide bonds. The van der Waals surface area contributed by atoms with Gasteiger partial charge < -0.3 is 15.0 Å². The number of hydrogen-bond donors (Lipinski definition) is 1. The second-order valence-corrected chi connectivity index (χ2v) is 6.70. The zero-order chi connectivity index (χ0) is 20.8. The Bertz CT molecular complexity index is 986. The Labute approximate surface area is 171 Å². The van der Waals surface area contributed by atoms with Crippen LogP contribution < -0.4 is 10.2 Å². The van der Waals surface area contributed by atoms with Crippen molar-refractivity contribution >= 4 is 29.1 Å². The number of carbonyl (C=O) groups excluding carboxylic acids is 1. The van der Waals surface area contributed by atoms with Crippen molar-refractivity contribution in [2.24, 2.45) is 0 Å². The summed E-state index contributed by atoms with van der Waals surface area (Å²) in [4.78, 5) is 23.2. The molecule has 6 nitrogen and oxygen atoms in total. The van der Waals surface area contributed by atoms with Crippen LogP contribution in [-0.4, -0.2) is 29.1 Å². The van der Waals surface area contributed by atoms with E-state index in [1.165, 1.54) is 5.56 Å². The number of esters is 1. The van der Waals surface area contributed by atoms with Crippen LogP contribution in [0, 0.1) is 13.8 Å². The van der Waals surface area contributed by atoms with Crippen LogP contribution in [0.1, 0.15) is 35.5 Å². The summed E-state index contributed by atoms with van der Waals surface area (Å²) in [6, 6.07) is 17.3. The Balaban J connectivity index is 1.84. The molecule has 0 aliphatic rings. The van der Waals surface area contributed by atoms with E-state index in [0.29, 0.717) is 23.9 Å². The molecule has 0 fully saturated rings. The molecular formula is C23H26N4O2. The van der Waals surface area contributed by atoms with Crippen molar-refractivity contribution in [3.8, 4) is 0 Å². The minimum atomic E-state index is -0.323. The Morgan fingerprint density at radius 1 is 1.03 bits per heavy atom. The lowest BCUT2D eigenvalue weighted by Crippen LogP contribution is -2.19. The number of carbonyl (C=O) groups is 1. The first-order valence-corrected chi connectivity index (χ1v) is 9.74. The summed E-state index contributed by atoms with van der Waals surface area (Å²) in [5.41, 5.74) is 4.47. The van der Waals surface area contributed by atoms with Gasteiger partial charge in [-0.25, -0.2) is 9.78 Å². The van der Waals surface area contributed by atoms with Crippen LogP contribution in [0.15, 0.2) is 54.6 Å². The highest BCUT2D eigenvalue weighted by molar-refractivity contribution is 5.89. The molecule has 0 aliphatic heterocycles. The van der Waals surface area contributed by atoms with Crippen LogP contribution in [0.4, 0.5) is 23.1 Å². The van der Waals surface area contributed by atoms with Gasteiger partial charge in [0, 0.05) is 29.7 Å². The van der Waals surface area contributed by atoms with Gasteiger partial charge in [0.25, 0.3) is 0 Å². The summed E-state index contributed by atoms with van der Waals surface area (Å²) in [7, 11) is 0. The maximum Gasteiger partial charge on any atom is 0.338 e. The largest absolute Gasteiger partial charge is 0.462 e. The summed E-state index contributed by atoms with van der Waals surface area (Å²) in [5.74, 6) is 1.02. The maximum absolute atomic E-state index is 11.8. The van der Waals surface area contributed by atoms with Crippen molar-refractivity contribution in [2.75, 3.05) is 23.4 Å². The van der Waals surface area contributed by atoms with Gasteiger partial charge in [-0.05, 0) is 69.7 Å². The smallest absolute Gasteiger partial charge is 0.338 e. The fraction of sp³-hybridized carbons (Fsp3) is 0.261. The van der Waals surface area contributed by atoms with Gasteiger partial charge in [0.05, 0.1) is 12.2 Å². The van der Waals surface area contributed by atoms with E-state index in [1.807, 2.05) is 31.2 Å². The molecule has 3 rings (SSSR count). The van der Waals surface area contributed by atoms with Crippen molar-refractivity contribution in [3.63, 3.8) is 0 Å². The highest BCUT2D eigenvalue weighted by Crippen LogP contribution is 2.25. The van der Waals surface area contributed by atoms with E-state index >= 15 is 0 Å². The summed E-state index contributed by atoms with van der Waals surface area (Å²) < 4.78 is 5.02. The average molecular weight is 390 g/mol. The molecule has 0 spiro atoms. The second-order valence-electron chi connectivity index (χ2n) is 6.70. The van der Waals surface area contributed by atoms with Crippen LogP contribution in [0.2, 0.25) is 0 Å². The van der Waals surface area contributed by atoms with Gasteiger partial charge in [-0.1, -0.05) is 12.1 Å². The van der Waals surface area contributed by atoms with Crippen molar-refractivity contribution in [1.29, 1.82) is 0 Å². The highest BCUT2D eigenvalue weighted by atomic mass is 16.5. The summed E-state index contributed by atoms with van der Waals surface area (Å²) in [6.07, 6.45) is 0. The SMILES string of the molecule is CCOC(=O)c1ccc(Nc2cc(C)nc(N(CC)c3cccc(C)c3)n2)cc1. The molecule has 29 heavy (non-hydrogen) atoms. The zero-order valence-corrected chi connectivity index (χ0v) is 17.3. The Hall–Kier alpha value is -3.41. The van der Waals surface area contributed by atoms with E-state index in [9.17, 15) is 4.79 Å². The van der Waals surface area contributed by atoms with Crippen molar-refractivity contribution < 1.29 is 9.53 Å².